The highest BCUT2D eigenvalue weighted by atomic mass is 32.2. The van der Waals surface area contributed by atoms with Gasteiger partial charge in [0.2, 0.25) is 0 Å². The van der Waals surface area contributed by atoms with E-state index in [1.807, 2.05) is 49.6 Å². The predicted octanol–water partition coefficient (Wildman–Crippen LogP) is 7.44. The summed E-state index contributed by atoms with van der Waals surface area (Å²) in [6.45, 7) is 3.61. The Morgan fingerprint density at radius 3 is 2.12 bits per heavy atom. The van der Waals surface area contributed by atoms with E-state index in [1.54, 1.807) is 17.5 Å². The van der Waals surface area contributed by atoms with Crippen molar-refractivity contribution in [3.63, 3.8) is 0 Å². The van der Waals surface area contributed by atoms with Crippen LogP contribution in [0.4, 0.5) is 13.2 Å². The maximum absolute atomic E-state index is 13.3. The summed E-state index contributed by atoms with van der Waals surface area (Å²) in [5.41, 5.74) is 1.57. The van der Waals surface area contributed by atoms with Gasteiger partial charge in [-0.25, -0.2) is 18.4 Å². The van der Waals surface area contributed by atoms with E-state index in [-0.39, 0.29) is 37.9 Å². The van der Waals surface area contributed by atoms with Gasteiger partial charge >= 0.3 is 15.5 Å². The molecule has 6 nitrogen and oxygen atoms in total. The number of alkyl halides is 3. The number of halogens is 3. The summed E-state index contributed by atoms with van der Waals surface area (Å²) in [5.74, 6) is 0.598. The van der Waals surface area contributed by atoms with Crippen molar-refractivity contribution < 1.29 is 21.6 Å². The Kier molecular flexibility index (Phi) is 7.44. The van der Waals surface area contributed by atoms with Gasteiger partial charge in [-0.3, -0.25) is 0 Å². The first-order valence-corrected chi connectivity index (χ1v) is 16.0. The second-order valence-electron chi connectivity index (χ2n) is 10.7. The van der Waals surface area contributed by atoms with Gasteiger partial charge in [-0.05, 0) is 49.9 Å². The number of hydrogen-bond donors (Lipinski definition) is 0. The summed E-state index contributed by atoms with van der Waals surface area (Å²) in [7, 11) is -5.38. The molecule has 0 radical (unpaired) electrons. The molecule has 1 saturated heterocycles. The Hall–Kier alpha value is -3.54. The van der Waals surface area contributed by atoms with Gasteiger partial charge in [0.1, 0.15) is 10.8 Å². The Bertz CT molecular complexity index is 1810. The molecule has 11 heteroatoms. The minimum Gasteiger partial charge on any atom is -0.321 e. The second kappa shape index (κ2) is 10.9. The third-order valence-corrected chi connectivity index (χ3v) is 10.4. The lowest BCUT2D eigenvalue weighted by Gasteiger charge is -2.33. The van der Waals surface area contributed by atoms with Crippen LogP contribution in [0.1, 0.15) is 52.1 Å². The number of fused-ring (bicyclic) bond motifs is 1. The zero-order valence-electron chi connectivity index (χ0n) is 23.0. The topological polar surface area (TPSA) is 68.1 Å². The van der Waals surface area contributed by atoms with Crippen LogP contribution in [0.3, 0.4) is 0 Å². The fourth-order valence-electron chi connectivity index (χ4n) is 5.67. The van der Waals surface area contributed by atoms with Gasteiger partial charge in [0.25, 0.3) is 0 Å². The van der Waals surface area contributed by atoms with Crippen LogP contribution < -0.4 is 0 Å². The third kappa shape index (κ3) is 5.25. The molecule has 1 aliphatic heterocycles. The average Bonchev–Trinajstić information content (AvgIpc) is 3.62. The van der Waals surface area contributed by atoms with Crippen molar-refractivity contribution in [1.29, 1.82) is 0 Å². The van der Waals surface area contributed by atoms with E-state index in [2.05, 4.69) is 45.9 Å². The van der Waals surface area contributed by atoms with Crippen molar-refractivity contribution in [2.45, 2.75) is 44.2 Å². The molecule has 218 valence electrons. The van der Waals surface area contributed by atoms with E-state index in [0.29, 0.717) is 10.1 Å². The molecule has 0 amide bonds. The molecule has 1 fully saturated rings. The summed E-state index contributed by atoms with van der Waals surface area (Å²) < 4.78 is 66.6. The van der Waals surface area contributed by atoms with Crippen molar-refractivity contribution >= 4 is 32.4 Å². The number of benzene rings is 3. The second-order valence-corrected chi connectivity index (χ2v) is 13.6. The van der Waals surface area contributed by atoms with E-state index in [9.17, 15) is 21.6 Å². The number of imidazole rings is 1. The molecule has 2 aromatic heterocycles. The largest absolute Gasteiger partial charge is 0.511 e. The summed E-state index contributed by atoms with van der Waals surface area (Å²) in [6.07, 6.45) is 2.26. The van der Waals surface area contributed by atoms with Gasteiger partial charge < -0.3 is 4.57 Å². The molecule has 3 aromatic carbocycles. The van der Waals surface area contributed by atoms with Crippen molar-refractivity contribution in [3.05, 3.63) is 106 Å². The van der Waals surface area contributed by atoms with Crippen molar-refractivity contribution in [3.8, 4) is 11.4 Å². The quantitative estimate of drug-likeness (QED) is 0.200. The lowest BCUT2D eigenvalue weighted by molar-refractivity contribution is -0.0496. The molecule has 0 bridgehead atoms. The normalized spacial score (nSPS) is 16.2. The van der Waals surface area contributed by atoms with Crippen LogP contribution in [0.5, 0.6) is 0 Å². The van der Waals surface area contributed by atoms with Crippen molar-refractivity contribution in [2.75, 3.05) is 13.1 Å². The first-order chi connectivity index (χ1) is 20.0. The van der Waals surface area contributed by atoms with Crippen LogP contribution in [0, 0.1) is 13.8 Å². The van der Waals surface area contributed by atoms with Crippen LogP contribution in [0.2, 0.25) is 0 Å². The molecule has 3 heterocycles. The van der Waals surface area contributed by atoms with Crippen molar-refractivity contribution in [1.82, 2.24) is 18.8 Å². The fraction of sp³-hybridized carbons (Fsp3) is 0.290. The SMILES string of the molecule is Cc1ccc(-c2nc3ccc(C(c4ccc(C)cc4)c4nccs4)cc3n2C2CCN(S(=O)(=O)C(F)(F)F)CC2)cc1. The minimum atomic E-state index is -5.38. The monoisotopic (exact) mass is 610 g/mol. The van der Waals surface area contributed by atoms with Gasteiger partial charge in [0.15, 0.2) is 0 Å². The lowest BCUT2D eigenvalue weighted by atomic mass is 9.91. The molecule has 42 heavy (non-hydrogen) atoms. The molecular weight excluding hydrogens is 581 g/mol. The van der Waals surface area contributed by atoms with Crippen LogP contribution >= 0.6 is 11.3 Å². The van der Waals surface area contributed by atoms with E-state index in [0.717, 1.165) is 43.9 Å². The van der Waals surface area contributed by atoms with E-state index in [1.165, 1.54) is 0 Å². The number of thiazole rings is 1. The maximum atomic E-state index is 13.3. The Labute approximate surface area is 246 Å². The van der Waals surface area contributed by atoms with Gasteiger partial charge in [-0.15, -0.1) is 11.3 Å². The molecule has 0 aliphatic carbocycles. The molecule has 5 aromatic rings. The molecule has 1 atom stereocenters. The summed E-state index contributed by atoms with van der Waals surface area (Å²) in [6, 6.07) is 22.3. The molecule has 0 N–H and O–H groups in total. The Morgan fingerprint density at radius 2 is 1.52 bits per heavy atom. The van der Waals surface area contributed by atoms with Crippen LogP contribution in [0.15, 0.2) is 78.3 Å². The van der Waals surface area contributed by atoms with Crippen LogP contribution in [-0.2, 0) is 10.0 Å². The van der Waals surface area contributed by atoms with Gasteiger partial charge in [0, 0.05) is 36.3 Å². The van der Waals surface area contributed by atoms with Crippen molar-refractivity contribution in [2.24, 2.45) is 0 Å². The summed E-state index contributed by atoms with van der Waals surface area (Å²) in [4.78, 5) is 9.62. The Morgan fingerprint density at radius 1 is 0.905 bits per heavy atom. The summed E-state index contributed by atoms with van der Waals surface area (Å²) in [5, 5.41) is 2.91. The third-order valence-electron chi connectivity index (χ3n) is 7.89. The van der Waals surface area contributed by atoms with Crippen LogP contribution in [0.25, 0.3) is 22.4 Å². The molecule has 0 spiro atoms. The number of rotatable bonds is 6. The Balaban J connectivity index is 1.46. The molecular formula is C31H29F3N4O2S2. The molecule has 6 rings (SSSR count). The summed E-state index contributed by atoms with van der Waals surface area (Å²) >= 11 is 1.58. The minimum absolute atomic E-state index is 0.111. The number of nitrogens with zero attached hydrogens (tertiary/aromatic N) is 4. The molecule has 1 aliphatic rings. The fourth-order valence-corrected chi connectivity index (χ4v) is 7.44. The molecule has 1 unspecified atom stereocenters. The van der Waals surface area contributed by atoms with Gasteiger partial charge in [0.05, 0.1) is 17.0 Å². The number of sulfonamides is 1. The van der Waals surface area contributed by atoms with Gasteiger partial charge in [-0.2, -0.15) is 17.5 Å². The zero-order chi connectivity index (χ0) is 29.6. The highest BCUT2D eigenvalue weighted by Gasteiger charge is 2.50. The van der Waals surface area contributed by atoms with E-state index >= 15 is 0 Å². The standard InChI is InChI=1S/C31H29F3N4O2S2/c1-20-3-7-22(8-4-20)28(30-35-15-18-41-30)24-11-12-26-27(19-24)38(29(36-26)23-9-5-21(2)6-10-23)25-13-16-37(17-14-25)42(39,40)31(32,33)34/h3-12,15,18-19,25,28H,13-14,16-17H2,1-2H3. The lowest BCUT2D eigenvalue weighted by Crippen LogP contribution is -2.45. The zero-order valence-corrected chi connectivity index (χ0v) is 24.7. The van der Waals surface area contributed by atoms with E-state index < -0.39 is 15.5 Å². The first-order valence-electron chi connectivity index (χ1n) is 13.6. The highest BCUT2D eigenvalue weighted by molar-refractivity contribution is 7.90. The van der Waals surface area contributed by atoms with Crippen LogP contribution in [-0.4, -0.2) is 45.9 Å². The number of aryl methyl sites for hydroxylation is 2. The first kappa shape index (κ1) is 28.6. The maximum Gasteiger partial charge on any atom is 0.511 e. The number of aromatic nitrogens is 3. The highest BCUT2D eigenvalue weighted by Crippen LogP contribution is 2.39. The van der Waals surface area contributed by atoms with Gasteiger partial charge in [-0.1, -0.05) is 65.7 Å². The molecule has 0 saturated carbocycles. The van der Waals surface area contributed by atoms with E-state index in [4.69, 9.17) is 4.98 Å². The number of hydrogen-bond acceptors (Lipinski definition) is 5. The average molecular weight is 611 g/mol. The number of piperidine rings is 1. The smallest absolute Gasteiger partial charge is 0.321 e. The predicted molar refractivity (Wildman–Crippen MR) is 159 cm³/mol.